The van der Waals surface area contributed by atoms with Crippen LogP contribution >= 0.6 is 0 Å². The van der Waals surface area contributed by atoms with Crippen LogP contribution < -0.4 is 0 Å². The number of aromatic nitrogens is 3. The molecule has 80 valence electrons. The third-order valence-electron chi connectivity index (χ3n) is 3.27. The Hall–Kier alpha value is -1.12. The number of hydrogen-bond acceptors (Lipinski definition) is 2. The maximum atomic E-state index is 4.56. The molecule has 0 bridgehead atoms. The van der Waals surface area contributed by atoms with E-state index in [2.05, 4.69) is 21.3 Å². The number of hydrogen-bond donors (Lipinski definition) is 1. The normalized spacial score (nSPS) is 21.5. The highest BCUT2D eigenvalue weighted by atomic mass is 15.2. The van der Waals surface area contributed by atoms with Crippen LogP contribution in [0.3, 0.4) is 0 Å². The van der Waals surface area contributed by atoms with Gasteiger partial charge in [-0.25, -0.2) is 4.98 Å². The molecule has 1 saturated carbocycles. The lowest BCUT2D eigenvalue weighted by Gasteiger charge is -2.10. The molecule has 0 amide bonds. The molecular weight excluding hydrogens is 186 g/mol. The Kier molecular flexibility index (Phi) is 2.31. The molecule has 2 aliphatic rings. The van der Waals surface area contributed by atoms with Crippen LogP contribution in [0.2, 0.25) is 0 Å². The van der Waals surface area contributed by atoms with E-state index in [1.54, 1.807) is 5.57 Å². The number of H-pyrrole nitrogens is 1. The SMILES string of the molecule is C1=C(Cc2nc(C3CC3)n[nH]2)CCCC1. The molecule has 1 fully saturated rings. The highest BCUT2D eigenvalue weighted by molar-refractivity contribution is 5.13. The van der Waals surface area contributed by atoms with Crippen molar-refractivity contribution in [3.05, 3.63) is 23.3 Å². The first-order valence-electron chi connectivity index (χ1n) is 6.01. The van der Waals surface area contributed by atoms with E-state index in [4.69, 9.17) is 0 Å². The zero-order chi connectivity index (χ0) is 10.1. The van der Waals surface area contributed by atoms with Crippen LogP contribution in [0.1, 0.15) is 56.1 Å². The molecule has 0 unspecified atom stereocenters. The highest BCUT2D eigenvalue weighted by Gasteiger charge is 2.27. The second kappa shape index (κ2) is 3.80. The molecule has 1 heterocycles. The van der Waals surface area contributed by atoms with Gasteiger partial charge in [0.1, 0.15) is 5.82 Å². The van der Waals surface area contributed by atoms with E-state index in [1.807, 2.05) is 0 Å². The molecule has 2 aliphatic carbocycles. The van der Waals surface area contributed by atoms with Gasteiger partial charge in [0.15, 0.2) is 5.82 Å². The summed E-state index contributed by atoms with van der Waals surface area (Å²) in [6.07, 6.45) is 11.1. The summed E-state index contributed by atoms with van der Waals surface area (Å²) in [6, 6.07) is 0. The van der Waals surface area contributed by atoms with E-state index in [1.165, 1.54) is 38.5 Å². The molecule has 0 saturated heterocycles. The third kappa shape index (κ3) is 2.11. The van der Waals surface area contributed by atoms with E-state index in [0.717, 1.165) is 18.1 Å². The van der Waals surface area contributed by atoms with Crippen molar-refractivity contribution < 1.29 is 0 Å². The monoisotopic (exact) mass is 203 g/mol. The lowest BCUT2D eigenvalue weighted by atomic mass is 9.97. The van der Waals surface area contributed by atoms with E-state index in [-0.39, 0.29) is 0 Å². The Morgan fingerprint density at radius 1 is 1.33 bits per heavy atom. The third-order valence-corrected chi connectivity index (χ3v) is 3.27. The largest absolute Gasteiger partial charge is 0.263 e. The van der Waals surface area contributed by atoms with Gasteiger partial charge < -0.3 is 0 Å². The van der Waals surface area contributed by atoms with Gasteiger partial charge in [-0.3, -0.25) is 5.10 Å². The molecule has 1 N–H and O–H groups in total. The van der Waals surface area contributed by atoms with E-state index < -0.39 is 0 Å². The van der Waals surface area contributed by atoms with Crippen LogP contribution in [0.25, 0.3) is 0 Å². The fourth-order valence-corrected chi connectivity index (χ4v) is 2.19. The van der Waals surface area contributed by atoms with Gasteiger partial charge in [-0.2, -0.15) is 5.10 Å². The summed E-state index contributed by atoms with van der Waals surface area (Å²) in [5.41, 5.74) is 1.54. The van der Waals surface area contributed by atoms with Crippen molar-refractivity contribution in [1.29, 1.82) is 0 Å². The lowest BCUT2D eigenvalue weighted by Crippen LogP contribution is -1.97. The van der Waals surface area contributed by atoms with E-state index in [9.17, 15) is 0 Å². The average Bonchev–Trinajstić information content (AvgIpc) is 3.02. The van der Waals surface area contributed by atoms with Crippen LogP contribution in [0.15, 0.2) is 11.6 Å². The average molecular weight is 203 g/mol. The number of nitrogens with zero attached hydrogens (tertiary/aromatic N) is 2. The van der Waals surface area contributed by atoms with Gasteiger partial charge in [0.25, 0.3) is 0 Å². The van der Waals surface area contributed by atoms with Crippen LogP contribution in [-0.2, 0) is 6.42 Å². The predicted molar refractivity (Wildman–Crippen MR) is 58.6 cm³/mol. The molecule has 0 aliphatic heterocycles. The van der Waals surface area contributed by atoms with Crippen LogP contribution in [0.5, 0.6) is 0 Å². The number of nitrogens with one attached hydrogen (secondary N) is 1. The number of allylic oxidation sites excluding steroid dienone is 2. The Morgan fingerprint density at radius 3 is 3.00 bits per heavy atom. The van der Waals surface area contributed by atoms with Crippen LogP contribution in [0, 0.1) is 0 Å². The molecule has 0 aromatic carbocycles. The molecular formula is C12H17N3. The molecule has 15 heavy (non-hydrogen) atoms. The highest BCUT2D eigenvalue weighted by Crippen LogP contribution is 2.37. The summed E-state index contributed by atoms with van der Waals surface area (Å²) in [5.74, 6) is 2.77. The first-order valence-corrected chi connectivity index (χ1v) is 6.01. The van der Waals surface area contributed by atoms with Gasteiger partial charge in [-0.1, -0.05) is 11.6 Å². The topological polar surface area (TPSA) is 41.6 Å². The van der Waals surface area contributed by atoms with Gasteiger partial charge in [-0.05, 0) is 38.5 Å². The Morgan fingerprint density at radius 2 is 2.27 bits per heavy atom. The quantitative estimate of drug-likeness (QED) is 0.767. The molecule has 1 aromatic heterocycles. The summed E-state index contributed by atoms with van der Waals surface area (Å²) >= 11 is 0. The number of rotatable bonds is 3. The summed E-state index contributed by atoms with van der Waals surface area (Å²) in [7, 11) is 0. The Labute approximate surface area is 90.0 Å². The van der Waals surface area contributed by atoms with Crippen molar-refractivity contribution in [3.8, 4) is 0 Å². The van der Waals surface area contributed by atoms with Crippen molar-refractivity contribution in [3.63, 3.8) is 0 Å². The van der Waals surface area contributed by atoms with Crippen molar-refractivity contribution >= 4 is 0 Å². The maximum absolute atomic E-state index is 4.56. The van der Waals surface area contributed by atoms with Crippen molar-refractivity contribution in [2.75, 3.05) is 0 Å². The fraction of sp³-hybridized carbons (Fsp3) is 0.667. The Balaban J connectivity index is 1.67. The standard InChI is InChI=1S/C12H17N3/c1-2-4-9(5-3-1)8-11-13-12(15-14-11)10-6-7-10/h4,10H,1-3,5-8H2,(H,13,14,15). The molecule has 0 spiro atoms. The summed E-state index contributed by atoms with van der Waals surface area (Å²) in [6.45, 7) is 0. The predicted octanol–water partition coefficient (Wildman–Crippen LogP) is 2.73. The zero-order valence-corrected chi connectivity index (χ0v) is 9.00. The van der Waals surface area contributed by atoms with Gasteiger partial charge in [0, 0.05) is 12.3 Å². The zero-order valence-electron chi connectivity index (χ0n) is 9.00. The first kappa shape index (κ1) is 9.13. The molecule has 3 rings (SSSR count). The molecule has 0 radical (unpaired) electrons. The fourth-order valence-electron chi connectivity index (χ4n) is 2.19. The molecule has 1 aromatic rings. The van der Waals surface area contributed by atoms with Crippen molar-refractivity contribution in [2.45, 2.75) is 50.9 Å². The second-order valence-corrected chi connectivity index (χ2v) is 4.70. The van der Waals surface area contributed by atoms with Crippen LogP contribution in [0.4, 0.5) is 0 Å². The maximum Gasteiger partial charge on any atom is 0.153 e. The van der Waals surface area contributed by atoms with Crippen molar-refractivity contribution in [2.24, 2.45) is 0 Å². The first-order chi connectivity index (χ1) is 7.42. The smallest absolute Gasteiger partial charge is 0.153 e. The van der Waals surface area contributed by atoms with E-state index in [0.29, 0.717) is 5.92 Å². The van der Waals surface area contributed by atoms with Gasteiger partial charge in [-0.15, -0.1) is 0 Å². The number of aromatic amines is 1. The minimum Gasteiger partial charge on any atom is -0.263 e. The summed E-state index contributed by atoms with van der Waals surface area (Å²) < 4.78 is 0. The summed E-state index contributed by atoms with van der Waals surface area (Å²) in [5, 5.41) is 7.35. The molecule has 3 heteroatoms. The van der Waals surface area contributed by atoms with E-state index >= 15 is 0 Å². The van der Waals surface area contributed by atoms with Crippen molar-refractivity contribution in [1.82, 2.24) is 15.2 Å². The second-order valence-electron chi connectivity index (χ2n) is 4.70. The van der Waals surface area contributed by atoms with Crippen LogP contribution in [-0.4, -0.2) is 15.2 Å². The Bertz CT molecular complexity index is 374. The van der Waals surface area contributed by atoms with Gasteiger partial charge >= 0.3 is 0 Å². The lowest BCUT2D eigenvalue weighted by molar-refractivity contribution is 0.682. The van der Waals surface area contributed by atoms with Gasteiger partial charge in [0.2, 0.25) is 0 Å². The molecule has 0 atom stereocenters. The minimum atomic E-state index is 0.662. The summed E-state index contributed by atoms with van der Waals surface area (Å²) in [4.78, 5) is 4.56. The molecule has 3 nitrogen and oxygen atoms in total. The minimum absolute atomic E-state index is 0.662. The van der Waals surface area contributed by atoms with Gasteiger partial charge in [0.05, 0.1) is 0 Å².